The number of nitriles is 1. The van der Waals surface area contributed by atoms with Gasteiger partial charge in [0.15, 0.2) is 5.82 Å². The molecule has 1 saturated heterocycles. The standard InChI is InChI=1S/C20H17ClN10O/c21-12-3-1-4-13-15(12)19(32)31(10-8-25-26-9-10)18(27-13)14-5-2-6-30(14)17-11(7-22)16(23)28-20(24)29-17/h1,3-4,8-9,14H,2,5-6H2,(H,25,26)(H4,23,24,28,29). The number of H-pyrrole nitrogens is 1. The lowest BCUT2D eigenvalue weighted by Gasteiger charge is -2.28. The molecule has 1 fully saturated rings. The van der Waals surface area contributed by atoms with Crippen LogP contribution in [-0.2, 0) is 0 Å². The van der Waals surface area contributed by atoms with Crippen molar-refractivity contribution in [1.29, 1.82) is 5.26 Å². The first-order chi connectivity index (χ1) is 15.5. The van der Waals surface area contributed by atoms with Gasteiger partial charge in [-0.05, 0) is 25.0 Å². The molecule has 3 aromatic heterocycles. The summed E-state index contributed by atoms with van der Waals surface area (Å²) in [6, 6.07) is 6.83. The number of nitrogen functional groups attached to an aromatic ring is 2. The summed E-state index contributed by atoms with van der Waals surface area (Å²) in [4.78, 5) is 28.5. The van der Waals surface area contributed by atoms with Crippen molar-refractivity contribution in [3.8, 4) is 11.8 Å². The summed E-state index contributed by atoms with van der Waals surface area (Å²) in [6.45, 7) is 0.573. The summed E-state index contributed by atoms with van der Waals surface area (Å²) >= 11 is 6.34. The molecule has 0 spiro atoms. The molecule has 5 N–H and O–H groups in total. The van der Waals surface area contributed by atoms with Crippen molar-refractivity contribution < 1.29 is 0 Å². The van der Waals surface area contributed by atoms with Crippen molar-refractivity contribution in [2.75, 3.05) is 22.9 Å². The molecule has 4 aromatic rings. The molecule has 1 unspecified atom stereocenters. The van der Waals surface area contributed by atoms with Crippen LogP contribution >= 0.6 is 11.6 Å². The van der Waals surface area contributed by atoms with E-state index in [2.05, 4.69) is 26.2 Å². The largest absolute Gasteiger partial charge is 0.382 e. The monoisotopic (exact) mass is 448 g/mol. The fourth-order valence-electron chi connectivity index (χ4n) is 4.13. The number of nitrogens with two attached hydrogens (primary N) is 2. The highest BCUT2D eigenvalue weighted by Gasteiger charge is 2.34. The van der Waals surface area contributed by atoms with Crippen molar-refractivity contribution in [3.05, 3.63) is 57.4 Å². The van der Waals surface area contributed by atoms with E-state index in [0.29, 0.717) is 46.2 Å². The molecule has 1 aliphatic rings. The number of benzene rings is 1. The van der Waals surface area contributed by atoms with E-state index in [1.54, 1.807) is 24.4 Å². The van der Waals surface area contributed by atoms with Crippen molar-refractivity contribution in [3.63, 3.8) is 0 Å². The van der Waals surface area contributed by atoms with Crippen LogP contribution in [0.5, 0.6) is 0 Å². The van der Waals surface area contributed by atoms with Crippen LogP contribution in [0, 0.1) is 11.3 Å². The highest BCUT2D eigenvalue weighted by molar-refractivity contribution is 6.35. The Morgan fingerprint density at radius 1 is 1.25 bits per heavy atom. The predicted octanol–water partition coefficient (Wildman–Crippen LogP) is 1.93. The van der Waals surface area contributed by atoms with Gasteiger partial charge in [0, 0.05) is 12.7 Å². The van der Waals surface area contributed by atoms with Crippen LogP contribution in [0.1, 0.15) is 30.3 Å². The molecule has 160 valence electrons. The highest BCUT2D eigenvalue weighted by atomic mass is 35.5. The minimum atomic E-state index is -0.373. The molecule has 0 bridgehead atoms. The second-order valence-electron chi connectivity index (χ2n) is 7.33. The van der Waals surface area contributed by atoms with Crippen molar-refractivity contribution >= 4 is 40.1 Å². The Balaban J connectivity index is 1.78. The van der Waals surface area contributed by atoms with Gasteiger partial charge in [0.05, 0.1) is 33.9 Å². The number of aromatic nitrogens is 6. The van der Waals surface area contributed by atoms with E-state index < -0.39 is 0 Å². The minimum absolute atomic E-state index is 0.00567. The zero-order chi connectivity index (χ0) is 22.4. The number of fused-ring (bicyclic) bond motifs is 1. The molecule has 11 nitrogen and oxygen atoms in total. The summed E-state index contributed by atoms with van der Waals surface area (Å²) in [5, 5.41) is 17.0. The number of aromatic amines is 1. The molecule has 0 saturated carbocycles. The molecule has 1 aromatic carbocycles. The van der Waals surface area contributed by atoms with Crippen LogP contribution in [0.25, 0.3) is 16.6 Å². The lowest BCUT2D eigenvalue weighted by atomic mass is 10.1. The highest BCUT2D eigenvalue weighted by Crippen LogP contribution is 2.38. The summed E-state index contributed by atoms with van der Waals surface area (Å²) in [5.74, 6) is 0.765. The normalized spacial score (nSPS) is 15.9. The van der Waals surface area contributed by atoms with E-state index in [4.69, 9.17) is 28.1 Å². The zero-order valence-corrected chi connectivity index (χ0v) is 17.4. The summed E-state index contributed by atoms with van der Waals surface area (Å²) in [7, 11) is 0. The smallest absolute Gasteiger partial charge is 0.267 e. The molecule has 0 aliphatic carbocycles. The molecule has 12 heteroatoms. The first-order valence-corrected chi connectivity index (χ1v) is 10.2. The van der Waals surface area contributed by atoms with Gasteiger partial charge in [0.25, 0.3) is 5.56 Å². The molecular formula is C20H17ClN10O. The number of anilines is 3. The van der Waals surface area contributed by atoms with Crippen LogP contribution in [0.4, 0.5) is 17.6 Å². The summed E-state index contributed by atoms with van der Waals surface area (Å²) in [5.41, 5.74) is 12.6. The minimum Gasteiger partial charge on any atom is -0.382 e. The van der Waals surface area contributed by atoms with Gasteiger partial charge in [-0.3, -0.25) is 14.5 Å². The maximum absolute atomic E-state index is 13.6. The van der Waals surface area contributed by atoms with Gasteiger partial charge in [-0.15, -0.1) is 0 Å². The van der Waals surface area contributed by atoms with Gasteiger partial charge >= 0.3 is 0 Å². The van der Waals surface area contributed by atoms with Gasteiger partial charge in [-0.25, -0.2) is 4.98 Å². The number of hydrogen-bond donors (Lipinski definition) is 3. The van der Waals surface area contributed by atoms with Gasteiger partial charge in [-0.1, -0.05) is 17.7 Å². The lowest BCUT2D eigenvalue weighted by molar-refractivity contribution is 0.633. The third kappa shape index (κ3) is 3.00. The Morgan fingerprint density at radius 3 is 2.84 bits per heavy atom. The number of nitrogens with zero attached hydrogens (tertiary/aromatic N) is 7. The zero-order valence-electron chi connectivity index (χ0n) is 16.7. The molecule has 1 atom stereocenters. The third-order valence-electron chi connectivity index (χ3n) is 5.48. The van der Waals surface area contributed by atoms with E-state index in [0.717, 1.165) is 6.42 Å². The Kier molecular flexibility index (Phi) is 4.64. The van der Waals surface area contributed by atoms with Crippen LogP contribution in [0.2, 0.25) is 5.02 Å². The SMILES string of the molecule is N#Cc1c(N)nc(N)nc1N1CCCC1c1nc2cccc(Cl)c2c(=O)n1-c1cn[nH]c1. The fourth-order valence-corrected chi connectivity index (χ4v) is 4.38. The summed E-state index contributed by atoms with van der Waals surface area (Å²) in [6.07, 6.45) is 4.60. The van der Waals surface area contributed by atoms with E-state index in [1.165, 1.54) is 10.8 Å². The van der Waals surface area contributed by atoms with Crippen LogP contribution in [0.15, 0.2) is 35.4 Å². The summed E-state index contributed by atoms with van der Waals surface area (Å²) < 4.78 is 1.49. The predicted molar refractivity (Wildman–Crippen MR) is 119 cm³/mol. The van der Waals surface area contributed by atoms with Gasteiger partial charge in [0.2, 0.25) is 5.95 Å². The number of halogens is 1. The van der Waals surface area contributed by atoms with Crippen molar-refractivity contribution in [2.24, 2.45) is 0 Å². The average molecular weight is 449 g/mol. The number of rotatable bonds is 3. The molecule has 0 radical (unpaired) electrons. The van der Waals surface area contributed by atoms with E-state index in [-0.39, 0.29) is 28.9 Å². The van der Waals surface area contributed by atoms with E-state index >= 15 is 0 Å². The number of nitrogens with one attached hydrogen (secondary N) is 1. The van der Waals surface area contributed by atoms with Crippen molar-refractivity contribution in [1.82, 2.24) is 29.7 Å². The third-order valence-corrected chi connectivity index (χ3v) is 5.80. The van der Waals surface area contributed by atoms with Crippen LogP contribution in [-0.4, -0.2) is 36.3 Å². The Hall–Kier alpha value is -4.17. The molecule has 32 heavy (non-hydrogen) atoms. The fraction of sp³-hybridized carbons (Fsp3) is 0.200. The molecule has 4 heterocycles. The quantitative estimate of drug-likeness (QED) is 0.423. The van der Waals surface area contributed by atoms with E-state index in [1.807, 2.05) is 4.90 Å². The van der Waals surface area contributed by atoms with E-state index in [9.17, 15) is 10.1 Å². The lowest BCUT2D eigenvalue weighted by Crippen LogP contribution is -2.32. The van der Waals surface area contributed by atoms with Crippen LogP contribution < -0.4 is 21.9 Å². The molecular weight excluding hydrogens is 432 g/mol. The topological polar surface area (TPSA) is 168 Å². The first kappa shape index (κ1) is 19.8. The first-order valence-electron chi connectivity index (χ1n) is 9.79. The molecule has 0 amide bonds. The second-order valence-corrected chi connectivity index (χ2v) is 7.74. The maximum atomic E-state index is 13.6. The van der Waals surface area contributed by atoms with Gasteiger partial charge in [0.1, 0.15) is 23.3 Å². The Labute approximate surface area is 186 Å². The molecule has 5 rings (SSSR count). The average Bonchev–Trinajstić information content (AvgIpc) is 3.45. The second kappa shape index (κ2) is 7.51. The van der Waals surface area contributed by atoms with Crippen LogP contribution in [0.3, 0.4) is 0 Å². The number of hydrogen-bond acceptors (Lipinski definition) is 9. The van der Waals surface area contributed by atoms with Gasteiger partial charge < -0.3 is 16.4 Å². The van der Waals surface area contributed by atoms with Gasteiger partial charge in [-0.2, -0.15) is 20.3 Å². The molecule has 1 aliphatic heterocycles. The Bertz CT molecular complexity index is 1440. The maximum Gasteiger partial charge on any atom is 0.267 e. The van der Waals surface area contributed by atoms with Crippen molar-refractivity contribution in [2.45, 2.75) is 18.9 Å². The Morgan fingerprint density at radius 2 is 2.09 bits per heavy atom.